The van der Waals surface area contributed by atoms with Crippen molar-refractivity contribution in [1.82, 2.24) is 9.97 Å². The highest BCUT2D eigenvalue weighted by Crippen LogP contribution is 2.30. The molecule has 2 heterocycles. The zero-order valence-electron chi connectivity index (χ0n) is 12.2. The molecule has 1 unspecified atom stereocenters. The van der Waals surface area contributed by atoms with Crippen molar-refractivity contribution in [3.63, 3.8) is 0 Å². The molecule has 0 saturated carbocycles. The lowest BCUT2D eigenvalue weighted by Crippen LogP contribution is -2.35. The molecule has 22 heavy (non-hydrogen) atoms. The summed E-state index contributed by atoms with van der Waals surface area (Å²) < 4.78 is 16.9. The predicted molar refractivity (Wildman–Crippen MR) is 79.0 cm³/mol. The highest BCUT2D eigenvalue weighted by Gasteiger charge is 2.17. The van der Waals surface area contributed by atoms with E-state index in [1.807, 2.05) is 17.0 Å². The quantitative estimate of drug-likeness (QED) is 0.562. The van der Waals surface area contributed by atoms with E-state index in [-0.39, 0.29) is 6.61 Å². The largest absolute Gasteiger partial charge is 0.756 e. The van der Waals surface area contributed by atoms with Gasteiger partial charge in [-0.3, -0.25) is 4.57 Å². The van der Waals surface area contributed by atoms with Crippen LogP contribution in [0.4, 0.5) is 5.82 Å². The minimum Gasteiger partial charge on any atom is -0.756 e. The van der Waals surface area contributed by atoms with Gasteiger partial charge < -0.3 is 20.0 Å². The van der Waals surface area contributed by atoms with Crippen LogP contribution in [-0.2, 0) is 22.1 Å². The van der Waals surface area contributed by atoms with Crippen LogP contribution >= 0.6 is 19.2 Å². The summed E-state index contributed by atoms with van der Waals surface area (Å²) in [6.45, 7) is 4.15. The van der Waals surface area contributed by atoms with Crippen LogP contribution in [0.3, 0.4) is 0 Å². The van der Waals surface area contributed by atoms with Crippen molar-refractivity contribution in [1.29, 1.82) is 0 Å². The van der Waals surface area contributed by atoms with Crippen molar-refractivity contribution in [3.8, 4) is 0 Å². The zero-order valence-corrected chi connectivity index (χ0v) is 13.9. The lowest BCUT2D eigenvalue weighted by atomic mass is 10.2. The van der Waals surface area contributed by atoms with E-state index in [2.05, 4.69) is 14.5 Å². The van der Waals surface area contributed by atoms with Crippen LogP contribution in [0, 0.1) is 13.8 Å². The molecular formula is C12H17N4O4PS. The lowest BCUT2D eigenvalue weighted by molar-refractivity contribution is -0.689. The Labute approximate surface area is 131 Å². The molecule has 0 aliphatic rings. The van der Waals surface area contributed by atoms with Gasteiger partial charge in [0.15, 0.2) is 12.2 Å². The van der Waals surface area contributed by atoms with E-state index < -0.39 is 7.82 Å². The summed E-state index contributed by atoms with van der Waals surface area (Å²) in [5, 5.41) is 0. The molecule has 10 heteroatoms. The fourth-order valence-electron chi connectivity index (χ4n) is 1.92. The van der Waals surface area contributed by atoms with E-state index >= 15 is 0 Å². The van der Waals surface area contributed by atoms with Gasteiger partial charge in [-0.25, -0.2) is 9.97 Å². The van der Waals surface area contributed by atoms with Crippen molar-refractivity contribution in [2.75, 3.05) is 12.3 Å². The first-order valence-corrected chi connectivity index (χ1v) is 8.86. The molecule has 0 aliphatic carbocycles. The van der Waals surface area contributed by atoms with Crippen LogP contribution in [0.5, 0.6) is 0 Å². The van der Waals surface area contributed by atoms with Crippen LogP contribution in [-0.4, -0.2) is 21.5 Å². The molecule has 2 rings (SSSR count). The summed E-state index contributed by atoms with van der Waals surface area (Å²) in [5.41, 5.74) is 9.59. The molecule has 0 spiro atoms. The van der Waals surface area contributed by atoms with E-state index in [1.165, 1.54) is 11.3 Å². The molecule has 0 saturated heterocycles. The monoisotopic (exact) mass is 344 g/mol. The standard InChI is InChI=1S/C12H17N4O4PS/c1-8-11(3-4-20-21(17,18)19)22-7-16(8)6-10-5-14-9(2)15-12(10)13/h5,7H,3-4,6H2,1-2H3,(H3-,13,14,15,17,18,19). The van der Waals surface area contributed by atoms with Gasteiger partial charge in [-0.15, -0.1) is 0 Å². The molecule has 2 aromatic rings. The maximum absolute atomic E-state index is 10.5. The molecule has 0 fully saturated rings. The second kappa shape index (κ2) is 6.80. The molecule has 0 radical (unpaired) electrons. The molecule has 120 valence electrons. The number of nitrogens with two attached hydrogens (primary N) is 1. The Morgan fingerprint density at radius 3 is 2.91 bits per heavy atom. The highest BCUT2D eigenvalue weighted by molar-refractivity contribution is 7.44. The minimum absolute atomic E-state index is 0.0889. The summed E-state index contributed by atoms with van der Waals surface area (Å²) >= 11 is 1.48. The highest BCUT2D eigenvalue weighted by atomic mass is 32.1. The SMILES string of the molecule is Cc1ncc(C[n+]2csc(CCOP(=O)([O-])O)c2C)c(N)n1. The van der Waals surface area contributed by atoms with Crippen LogP contribution in [0.1, 0.15) is 22.0 Å². The van der Waals surface area contributed by atoms with Crippen molar-refractivity contribution in [3.05, 3.63) is 33.7 Å². The number of rotatable bonds is 6. The van der Waals surface area contributed by atoms with E-state index in [4.69, 9.17) is 10.6 Å². The molecule has 0 bridgehead atoms. The zero-order chi connectivity index (χ0) is 16.3. The topological polar surface area (TPSA) is 125 Å². The lowest BCUT2D eigenvalue weighted by Gasteiger charge is -2.14. The molecule has 0 aliphatic heterocycles. The fraction of sp³-hybridized carbons (Fsp3) is 0.417. The number of anilines is 1. The third-order valence-electron chi connectivity index (χ3n) is 3.10. The number of phosphoric ester groups is 1. The third kappa shape index (κ3) is 4.56. The van der Waals surface area contributed by atoms with Crippen LogP contribution < -0.4 is 15.2 Å². The molecule has 0 aromatic carbocycles. The fourth-order valence-corrected chi connectivity index (χ4v) is 3.22. The molecule has 0 amide bonds. The normalized spacial score (nSPS) is 14.0. The Morgan fingerprint density at radius 2 is 2.27 bits per heavy atom. The Balaban J connectivity index is 2.06. The van der Waals surface area contributed by atoms with E-state index in [0.717, 1.165) is 16.1 Å². The van der Waals surface area contributed by atoms with Gasteiger partial charge in [0, 0.05) is 19.5 Å². The Kier molecular flexibility index (Phi) is 5.25. The third-order valence-corrected chi connectivity index (χ3v) is 4.75. The second-order valence-electron chi connectivity index (χ2n) is 4.74. The molecule has 8 nitrogen and oxygen atoms in total. The maximum atomic E-state index is 10.5. The number of nitrogen functional groups attached to an aromatic ring is 1. The Morgan fingerprint density at radius 1 is 1.55 bits per heavy atom. The number of hydrogen-bond acceptors (Lipinski definition) is 7. The van der Waals surface area contributed by atoms with Gasteiger partial charge in [0.05, 0.1) is 17.0 Å². The first kappa shape index (κ1) is 17.0. The molecule has 3 N–H and O–H groups in total. The summed E-state index contributed by atoms with van der Waals surface area (Å²) in [4.78, 5) is 28.3. The van der Waals surface area contributed by atoms with Gasteiger partial charge >= 0.3 is 0 Å². The van der Waals surface area contributed by atoms with Gasteiger partial charge in [0.2, 0.25) is 5.51 Å². The first-order valence-electron chi connectivity index (χ1n) is 6.49. The number of phosphoric acid groups is 1. The first-order chi connectivity index (χ1) is 10.3. The van der Waals surface area contributed by atoms with E-state index in [0.29, 0.717) is 24.6 Å². The van der Waals surface area contributed by atoms with Gasteiger partial charge in [-0.05, 0) is 6.92 Å². The van der Waals surface area contributed by atoms with Gasteiger partial charge in [-0.1, -0.05) is 11.3 Å². The number of thiazole rings is 1. The van der Waals surface area contributed by atoms with Crippen molar-refractivity contribution in [2.24, 2.45) is 0 Å². The Hall–Kier alpha value is -1.38. The van der Waals surface area contributed by atoms with Crippen LogP contribution in [0.25, 0.3) is 0 Å². The summed E-state index contributed by atoms with van der Waals surface area (Å²) in [5.74, 6) is 1.07. The van der Waals surface area contributed by atoms with E-state index in [1.54, 1.807) is 13.1 Å². The number of aromatic nitrogens is 3. The van der Waals surface area contributed by atoms with E-state index in [9.17, 15) is 9.46 Å². The second-order valence-corrected chi connectivity index (χ2v) is 6.87. The minimum atomic E-state index is -4.66. The predicted octanol–water partition coefficient (Wildman–Crippen LogP) is 0.0927. The van der Waals surface area contributed by atoms with Gasteiger partial charge in [-0.2, -0.15) is 4.57 Å². The van der Waals surface area contributed by atoms with Crippen molar-refractivity contribution >= 4 is 25.0 Å². The smallest absolute Gasteiger partial charge is 0.265 e. The summed E-state index contributed by atoms with van der Waals surface area (Å²) in [7, 11) is -4.66. The summed E-state index contributed by atoms with van der Waals surface area (Å²) in [6.07, 6.45) is 2.10. The van der Waals surface area contributed by atoms with Crippen LogP contribution in [0.2, 0.25) is 0 Å². The van der Waals surface area contributed by atoms with Crippen molar-refractivity contribution < 1.29 is 23.4 Å². The number of nitrogens with zero attached hydrogens (tertiary/aromatic N) is 3. The average Bonchev–Trinajstić information content (AvgIpc) is 2.73. The maximum Gasteiger partial charge on any atom is 0.265 e. The number of aryl methyl sites for hydroxylation is 1. The number of hydrogen-bond donors (Lipinski definition) is 2. The van der Waals surface area contributed by atoms with Gasteiger partial charge in [0.25, 0.3) is 7.82 Å². The van der Waals surface area contributed by atoms with Crippen molar-refractivity contribution in [2.45, 2.75) is 26.8 Å². The Bertz CT molecular complexity index is 715. The van der Waals surface area contributed by atoms with Gasteiger partial charge in [0.1, 0.15) is 11.6 Å². The van der Waals surface area contributed by atoms with Crippen LogP contribution in [0.15, 0.2) is 11.7 Å². The molecule has 1 atom stereocenters. The summed E-state index contributed by atoms with van der Waals surface area (Å²) in [6, 6.07) is 0. The molecule has 2 aromatic heterocycles. The average molecular weight is 344 g/mol. The molecular weight excluding hydrogens is 327 g/mol.